The highest BCUT2D eigenvalue weighted by Crippen LogP contribution is 2.28. The summed E-state index contributed by atoms with van der Waals surface area (Å²) in [6.45, 7) is 0.821. The highest BCUT2D eigenvalue weighted by Gasteiger charge is 2.30. The summed E-state index contributed by atoms with van der Waals surface area (Å²) in [5.41, 5.74) is 0.981. The summed E-state index contributed by atoms with van der Waals surface area (Å²) >= 11 is 0. The zero-order chi connectivity index (χ0) is 12.4. The molecular weight excluding hydrogens is 226 g/mol. The SMILES string of the molecule is O=C1C=C(c2ccccc2)OC2CCCCCN12. The molecule has 2 aliphatic heterocycles. The average Bonchev–Trinajstić information content (AvgIpc) is 2.65. The van der Waals surface area contributed by atoms with Crippen LogP contribution in [0.1, 0.15) is 31.2 Å². The van der Waals surface area contributed by atoms with Crippen LogP contribution in [0, 0.1) is 0 Å². The van der Waals surface area contributed by atoms with Crippen molar-refractivity contribution >= 4 is 11.7 Å². The topological polar surface area (TPSA) is 29.5 Å². The van der Waals surface area contributed by atoms with Crippen LogP contribution in [0.15, 0.2) is 36.4 Å². The smallest absolute Gasteiger partial charge is 0.253 e. The van der Waals surface area contributed by atoms with Crippen molar-refractivity contribution in [2.75, 3.05) is 6.54 Å². The van der Waals surface area contributed by atoms with E-state index in [1.165, 1.54) is 6.42 Å². The van der Waals surface area contributed by atoms with E-state index < -0.39 is 0 Å². The Morgan fingerprint density at radius 2 is 1.94 bits per heavy atom. The molecule has 0 aromatic heterocycles. The number of rotatable bonds is 1. The summed E-state index contributed by atoms with van der Waals surface area (Å²) < 4.78 is 5.99. The molecule has 1 aromatic carbocycles. The first-order valence-corrected chi connectivity index (χ1v) is 6.59. The molecule has 1 amide bonds. The molecule has 3 heteroatoms. The summed E-state index contributed by atoms with van der Waals surface area (Å²) in [5, 5.41) is 0. The number of carbonyl (C=O) groups is 1. The Hall–Kier alpha value is -1.77. The van der Waals surface area contributed by atoms with Gasteiger partial charge in [-0.15, -0.1) is 0 Å². The number of hydrogen-bond acceptors (Lipinski definition) is 2. The first-order chi connectivity index (χ1) is 8.84. The molecule has 2 aliphatic rings. The molecule has 94 valence electrons. The number of carbonyl (C=O) groups excluding carboxylic acids is 1. The van der Waals surface area contributed by atoms with Gasteiger partial charge in [-0.3, -0.25) is 4.79 Å². The summed E-state index contributed by atoms with van der Waals surface area (Å²) in [4.78, 5) is 14.0. The van der Waals surface area contributed by atoms with E-state index in [0.29, 0.717) is 5.76 Å². The van der Waals surface area contributed by atoms with Crippen LogP contribution in [0.25, 0.3) is 5.76 Å². The highest BCUT2D eigenvalue weighted by atomic mass is 16.5. The van der Waals surface area contributed by atoms with Gasteiger partial charge in [0.25, 0.3) is 5.91 Å². The largest absolute Gasteiger partial charge is 0.470 e. The molecule has 18 heavy (non-hydrogen) atoms. The minimum atomic E-state index is -0.0693. The molecule has 1 unspecified atom stereocenters. The number of hydrogen-bond donors (Lipinski definition) is 0. The maximum atomic E-state index is 12.1. The third-order valence-electron chi connectivity index (χ3n) is 3.56. The van der Waals surface area contributed by atoms with Crippen molar-refractivity contribution in [3.8, 4) is 0 Å². The van der Waals surface area contributed by atoms with Crippen molar-refractivity contribution in [1.29, 1.82) is 0 Å². The molecule has 1 atom stereocenters. The predicted octanol–water partition coefficient (Wildman–Crippen LogP) is 2.79. The van der Waals surface area contributed by atoms with Gasteiger partial charge in [0.2, 0.25) is 0 Å². The lowest BCUT2D eigenvalue weighted by molar-refractivity contribution is -0.138. The Morgan fingerprint density at radius 1 is 1.11 bits per heavy atom. The van der Waals surface area contributed by atoms with Crippen molar-refractivity contribution in [2.24, 2.45) is 0 Å². The van der Waals surface area contributed by atoms with Gasteiger partial charge in [-0.05, 0) is 12.8 Å². The fourth-order valence-electron chi connectivity index (χ4n) is 2.58. The first kappa shape index (κ1) is 11.3. The predicted molar refractivity (Wildman–Crippen MR) is 69.5 cm³/mol. The van der Waals surface area contributed by atoms with Crippen LogP contribution in [-0.4, -0.2) is 23.6 Å². The van der Waals surface area contributed by atoms with Crippen LogP contribution < -0.4 is 0 Å². The molecular formula is C15H17NO2. The summed E-state index contributed by atoms with van der Waals surface area (Å²) in [5.74, 6) is 0.802. The molecule has 0 aliphatic carbocycles. The van der Waals surface area contributed by atoms with Crippen molar-refractivity contribution in [3.63, 3.8) is 0 Å². The van der Waals surface area contributed by atoms with E-state index >= 15 is 0 Å². The second-order valence-corrected chi connectivity index (χ2v) is 4.83. The number of nitrogens with zero attached hydrogens (tertiary/aromatic N) is 1. The van der Waals surface area contributed by atoms with Crippen molar-refractivity contribution < 1.29 is 9.53 Å². The van der Waals surface area contributed by atoms with Gasteiger partial charge >= 0.3 is 0 Å². The zero-order valence-corrected chi connectivity index (χ0v) is 10.3. The summed E-state index contributed by atoms with van der Waals surface area (Å²) in [6, 6.07) is 9.84. The van der Waals surface area contributed by atoms with Crippen LogP contribution >= 0.6 is 0 Å². The minimum absolute atomic E-state index is 0.0693. The molecule has 0 bridgehead atoms. The lowest BCUT2D eigenvalue weighted by atomic mass is 10.1. The van der Waals surface area contributed by atoms with Crippen LogP contribution in [0.3, 0.4) is 0 Å². The Labute approximate surface area is 107 Å². The van der Waals surface area contributed by atoms with Crippen molar-refractivity contribution in [1.82, 2.24) is 4.90 Å². The van der Waals surface area contributed by atoms with Gasteiger partial charge in [0.1, 0.15) is 5.76 Å². The Morgan fingerprint density at radius 3 is 2.78 bits per heavy atom. The monoisotopic (exact) mass is 243 g/mol. The van der Waals surface area contributed by atoms with E-state index in [0.717, 1.165) is 31.4 Å². The fourth-order valence-corrected chi connectivity index (χ4v) is 2.58. The average molecular weight is 243 g/mol. The maximum absolute atomic E-state index is 12.1. The van der Waals surface area contributed by atoms with Gasteiger partial charge in [0.15, 0.2) is 6.23 Å². The molecule has 1 fully saturated rings. The van der Waals surface area contributed by atoms with Gasteiger partial charge in [0, 0.05) is 24.6 Å². The molecule has 1 saturated heterocycles. The summed E-state index contributed by atoms with van der Waals surface area (Å²) in [7, 11) is 0. The molecule has 3 rings (SSSR count). The third kappa shape index (κ3) is 2.13. The summed E-state index contributed by atoms with van der Waals surface area (Å²) in [6.07, 6.45) is 5.90. The number of ether oxygens (including phenoxy) is 1. The number of fused-ring (bicyclic) bond motifs is 1. The maximum Gasteiger partial charge on any atom is 0.253 e. The van der Waals surface area contributed by atoms with E-state index in [1.807, 2.05) is 35.2 Å². The third-order valence-corrected chi connectivity index (χ3v) is 3.56. The molecule has 3 nitrogen and oxygen atoms in total. The molecule has 0 saturated carbocycles. The zero-order valence-electron chi connectivity index (χ0n) is 10.3. The lowest BCUT2D eigenvalue weighted by Crippen LogP contribution is -2.43. The standard InChI is InChI=1S/C15H17NO2/c17-14-11-13(12-7-3-1-4-8-12)18-15-9-5-2-6-10-16(14)15/h1,3-4,7-8,11,15H,2,5-6,9-10H2. The van der Waals surface area contributed by atoms with Crippen LogP contribution in [0.4, 0.5) is 0 Å². The quantitative estimate of drug-likeness (QED) is 0.759. The van der Waals surface area contributed by atoms with Gasteiger partial charge in [0.05, 0.1) is 0 Å². The second-order valence-electron chi connectivity index (χ2n) is 4.83. The van der Waals surface area contributed by atoms with Gasteiger partial charge < -0.3 is 9.64 Å². The van der Waals surface area contributed by atoms with E-state index in [1.54, 1.807) is 6.08 Å². The van der Waals surface area contributed by atoms with Crippen molar-refractivity contribution in [3.05, 3.63) is 42.0 Å². The number of amides is 1. The van der Waals surface area contributed by atoms with E-state index in [9.17, 15) is 4.79 Å². The van der Waals surface area contributed by atoms with E-state index in [2.05, 4.69) is 0 Å². The number of benzene rings is 1. The van der Waals surface area contributed by atoms with Crippen LogP contribution in [0.5, 0.6) is 0 Å². The fraction of sp³-hybridized carbons (Fsp3) is 0.400. The highest BCUT2D eigenvalue weighted by molar-refractivity contribution is 5.95. The van der Waals surface area contributed by atoms with Crippen LogP contribution in [-0.2, 0) is 9.53 Å². The molecule has 0 spiro atoms. The minimum Gasteiger partial charge on any atom is -0.470 e. The Bertz CT molecular complexity index is 467. The molecule has 0 N–H and O–H groups in total. The molecule has 2 heterocycles. The normalized spacial score (nSPS) is 23.8. The Kier molecular flexibility index (Phi) is 3.05. The van der Waals surface area contributed by atoms with E-state index in [-0.39, 0.29) is 12.1 Å². The van der Waals surface area contributed by atoms with Gasteiger partial charge in [-0.25, -0.2) is 0 Å². The van der Waals surface area contributed by atoms with Gasteiger partial charge in [-0.1, -0.05) is 36.8 Å². The lowest BCUT2D eigenvalue weighted by Gasteiger charge is -2.34. The second kappa shape index (κ2) is 4.84. The van der Waals surface area contributed by atoms with Gasteiger partial charge in [-0.2, -0.15) is 0 Å². The molecule has 1 aromatic rings. The van der Waals surface area contributed by atoms with E-state index in [4.69, 9.17) is 4.74 Å². The van der Waals surface area contributed by atoms with Crippen LogP contribution in [0.2, 0.25) is 0 Å². The van der Waals surface area contributed by atoms with Crippen molar-refractivity contribution in [2.45, 2.75) is 31.9 Å². The Balaban J connectivity index is 1.88. The molecule has 0 radical (unpaired) electrons. The first-order valence-electron chi connectivity index (χ1n) is 6.59.